The van der Waals surface area contributed by atoms with Crippen molar-refractivity contribution in [3.63, 3.8) is 0 Å². The standard InChI is InChI=1S/C21H22N2O3/c1-4-14-26-21(25)19(22-20(24)17-8-6-5-7-9-17)15-16-10-12-18(13-11-16)23(2)3/h4-13,15H,1,14H2,2-3H3,(H,22,24)/b19-15+. The molecule has 0 aliphatic carbocycles. The van der Waals surface area contributed by atoms with Crippen molar-refractivity contribution in [3.8, 4) is 0 Å². The number of amides is 1. The van der Waals surface area contributed by atoms with Gasteiger partial charge in [-0.3, -0.25) is 4.79 Å². The first-order valence-electron chi connectivity index (χ1n) is 8.14. The van der Waals surface area contributed by atoms with Crippen LogP contribution in [0.15, 0.2) is 72.9 Å². The fraction of sp³-hybridized carbons (Fsp3) is 0.143. The number of hydrogen-bond acceptors (Lipinski definition) is 4. The van der Waals surface area contributed by atoms with Crippen molar-refractivity contribution >= 4 is 23.6 Å². The molecule has 0 spiro atoms. The first-order chi connectivity index (χ1) is 12.5. The maximum atomic E-state index is 12.4. The molecule has 0 unspecified atom stereocenters. The number of hydrogen-bond donors (Lipinski definition) is 1. The Morgan fingerprint density at radius 1 is 1.08 bits per heavy atom. The zero-order valence-corrected chi connectivity index (χ0v) is 14.9. The lowest BCUT2D eigenvalue weighted by Gasteiger charge is -2.13. The van der Waals surface area contributed by atoms with Gasteiger partial charge in [0.25, 0.3) is 5.91 Å². The molecule has 2 rings (SSSR count). The Bertz CT molecular complexity index is 794. The van der Waals surface area contributed by atoms with Crippen LogP contribution in [-0.4, -0.2) is 32.6 Å². The van der Waals surface area contributed by atoms with Crippen LogP contribution < -0.4 is 10.2 Å². The van der Waals surface area contributed by atoms with Crippen LogP contribution in [0.5, 0.6) is 0 Å². The van der Waals surface area contributed by atoms with Crippen molar-refractivity contribution in [2.45, 2.75) is 0 Å². The van der Waals surface area contributed by atoms with Gasteiger partial charge in [0.05, 0.1) is 0 Å². The highest BCUT2D eigenvalue weighted by Gasteiger charge is 2.15. The molecule has 0 atom stereocenters. The number of esters is 1. The molecule has 0 aliphatic heterocycles. The first kappa shape index (κ1) is 19.0. The van der Waals surface area contributed by atoms with Gasteiger partial charge in [0.15, 0.2) is 0 Å². The molecule has 0 fully saturated rings. The molecule has 5 nitrogen and oxygen atoms in total. The summed E-state index contributed by atoms with van der Waals surface area (Å²) < 4.78 is 5.08. The van der Waals surface area contributed by atoms with E-state index < -0.39 is 5.97 Å². The number of nitrogens with one attached hydrogen (secondary N) is 1. The quantitative estimate of drug-likeness (QED) is 0.473. The molecule has 2 aromatic rings. The third-order valence-electron chi connectivity index (χ3n) is 3.56. The van der Waals surface area contributed by atoms with Crippen molar-refractivity contribution in [3.05, 3.63) is 84.1 Å². The largest absolute Gasteiger partial charge is 0.457 e. The number of anilines is 1. The van der Waals surface area contributed by atoms with E-state index in [-0.39, 0.29) is 18.2 Å². The lowest BCUT2D eigenvalue weighted by molar-refractivity contribution is -0.138. The summed E-state index contributed by atoms with van der Waals surface area (Å²) in [6.07, 6.45) is 3.06. The Hall–Kier alpha value is -3.34. The fourth-order valence-corrected chi connectivity index (χ4v) is 2.18. The van der Waals surface area contributed by atoms with E-state index in [1.807, 2.05) is 49.3 Å². The van der Waals surface area contributed by atoms with Gasteiger partial charge in [-0.2, -0.15) is 0 Å². The van der Waals surface area contributed by atoms with Gasteiger partial charge in [-0.1, -0.05) is 43.0 Å². The second-order valence-electron chi connectivity index (χ2n) is 5.75. The molecule has 1 amide bonds. The SMILES string of the molecule is C=CCOC(=O)/C(=C\c1ccc(N(C)C)cc1)NC(=O)c1ccccc1. The molecule has 0 bridgehead atoms. The second-order valence-corrected chi connectivity index (χ2v) is 5.75. The number of ether oxygens (including phenoxy) is 1. The van der Waals surface area contributed by atoms with Crippen molar-refractivity contribution in [1.29, 1.82) is 0 Å². The Morgan fingerprint density at radius 2 is 1.73 bits per heavy atom. The van der Waals surface area contributed by atoms with E-state index in [1.54, 1.807) is 30.3 Å². The number of carbonyl (C=O) groups is 2. The van der Waals surface area contributed by atoms with Gasteiger partial charge in [-0.05, 0) is 35.9 Å². The predicted molar refractivity (Wildman–Crippen MR) is 104 cm³/mol. The fourth-order valence-electron chi connectivity index (χ4n) is 2.18. The molecule has 2 aromatic carbocycles. The van der Waals surface area contributed by atoms with Crippen molar-refractivity contribution in [2.24, 2.45) is 0 Å². The molecule has 0 saturated heterocycles. The van der Waals surface area contributed by atoms with Crippen molar-refractivity contribution in [2.75, 3.05) is 25.6 Å². The van der Waals surface area contributed by atoms with Gasteiger partial charge in [0.2, 0.25) is 0 Å². The first-order valence-corrected chi connectivity index (χ1v) is 8.14. The van der Waals surface area contributed by atoms with Crippen LogP contribution in [-0.2, 0) is 9.53 Å². The zero-order valence-electron chi connectivity index (χ0n) is 14.9. The highest BCUT2D eigenvalue weighted by Crippen LogP contribution is 2.15. The highest BCUT2D eigenvalue weighted by atomic mass is 16.5. The molecule has 5 heteroatoms. The molecular weight excluding hydrogens is 328 g/mol. The third kappa shape index (κ3) is 5.34. The average molecular weight is 350 g/mol. The second kappa shape index (κ2) is 9.22. The molecular formula is C21H22N2O3. The minimum Gasteiger partial charge on any atom is -0.457 e. The summed E-state index contributed by atoms with van der Waals surface area (Å²) in [6, 6.07) is 16.3. The summed E-state index contributed by atoms with van der Waals surface area (Å²) in [6.45, 7) is 3.59. The monoisotopic (exact) mass is 350 g/mol. The lowest BCUT2D eigenvalue weighted by atomic mass is 10.1. The summed E-state index contributed by atoms with van der Waals surface area (Å²) in [5, 5.41) is 2.63. The van der Waals surface area contributed by atoms with E-state index in [1.165, 1.54) is 6.08 Å². The normalized spacial score (nSPS) is 10.8. The smallest absolute Gasteiger partial charge is 0.355 e. The third-order valence-corrected chi connectivity index (χ3v) is 3.56. The van der Waals surface area contributed by atoms with E-state index in [2.05, 4.69) is 11.9 Å². The van der Waals surface area contributed by atoms with Gasteiger partial charge in [0.1, 0.15) is 12.3 Å². The van der Waals surface area contributed by atoms with Crippen LogP contribution in [0, 0.1) is 0 Å². The molecule has 0 aliphatic rings. The molecule has 0 aromatic heterocycles. The maximum Gasteiger partial charge on any atom is 0.355 e. The van der Waals surface area contributed by atoms with Crippen molar-refractivity contribution in [1.82, 2.24) is 5.32 Å². The van der Waals surface area contributed by atoms with Gasteiger partial charge in [0, 0.05) is 25.3 Å². The molecule has 0 heterocycles. The minimum atomic E-state index is -0.620. The maximum absolute atomic E-state index is 12.4. The van der Waals surface area contributed by atoms with Crippen LogP contribution in [0.3, 0.4) is 0 Å². The Morgan fingerprint density at radius 3 is 2.31 bits per heavy atom. The topological polar surface area (TPSA) is 58.6 Å². The Labute approximate surface area is 153 Å². The molecule has 134 valence electrons. The minimum absolute atomic E-state index is 0.0664. The Balaban J connectivity index is 2.26. The number of benzene rings is 2. The summed E-state index contributed by atoms with van der Waals surface area (Å²) >= 11 is 0. The van der Waals surface area contributed by atoms with E-state index in [0.29, 0.717) is 5.56 Å². The van der Waals surface area contributed by atoms with Crippen molar-refractivity contribution < 1.29 is 14.3 Å². The number of rotatable bonds is 7. The predicted octanol–water partition coefficient (Wildman–Crippen LogP) is 3.25. The lowest BCUT2D eigenvalue weighted by Crippen LogP contribution is -2.28. The van der Waals surface area contributed by atoms with Gasteiger partial charge < -0.3 is 15.0 Å². The van der Waals surface area contributed by atoms with Crippen LogP contribution >= 0.6 is 0 Å². The number of nitrogens with zero attached hydrogens (tertiary/aromatic N) is 1. The molecule has 0 saturated carbocycles. The van der Waals surface area contributed by atoms with Gasteiger partial charge >= 0.3 is 5.97 Å². The molecule has 26 heavy (non-hydrogen) atoms. The molecule has 0 radical (unpaired) electrons. The van der Waals surface area contributed by atoms with Gasteiger partial charge in [-0.15, -0.1) is 0 Å². The van der Waals surface area contributed by atoms with E-state index in [0.717, 1.165) is 11.3 Å². The summed E-state index contributed by atoms with van der Waals surface area (Å²) in [4.78, 5) is 26.6. The average Bonchev–Trinajstić information content (AvgIpc) is 2.66. The van der Waals surface area contributed by atoms with Crippen LogP contribution in [0.25, 0.3) is 6.08 Å². The summed E-state index contributed by atoms with van der Waals surface area (Å²) in [7, 11) is 3.89. The van der Waals surface area contributed by atoms with E-state index in [4.69, 9.17) is 4.74 Å². The zero-order chi connectivity index (χ0) is 18.9. The highest BCUT2D eigenvalue weighted by molar-refractivity contribution is 6.03. The van der Waals surface area contributed by atoms with Crippen LogP contribution in [0.1, 0.15) is 15.9 Å². The van der Waals surface area contributed by atoms with E-state index in [9.17, 15) is 9.59 Å². The van der Waals surface area contributed by atoms with Crippen LogP contribution in [0.2, 0.25) is 0 Å². The van der Waals surface area contributed by atoms with Crippen LogP contribution in [0.4, 0.5) is 5.69 Å². The van der Waals surface area contributed by atoms with E-state index >= 15 is 0 Å². The summed E-state index contributed by atoms with van der Waals surface area (Å²) in [5.41, 5.74) is 2.33. The molecule has 1 N–H and O–H groups in total. The number of carbonyl (C=O) groups excluding carboxylic acids is 2. The van der Waals surface area contributed by atoms with Gasteiger partial charge in [-0.25, -0.2) is 4.79 Å². The Kier molecular flexibility index (Phi) is 6.74. The summed E-state index contributed by atoms with van der Waals surface area (Å²) in [5.74, 6) is -0.997.